The van der Waals surface area contributed by atoms with E-state index < -0.39 is 0 Å². The molecule has 1 amide bonds. The fourth-order valence-electron chi connectivity index (χ4n) is 3.78. The van der Waals surface area contributed by atoms with E-state index in [2.05, 4.69) is 48.6 Å². The van der Waals surface area contributed by atoms with E-state index in [1.54, 1.807) is 0 Å². The first-order valence-electron chi connectivity index (χ1n) is 9.29. The van der Waals surface area contributed by atoms with Gasteiger partial charge in [0.15, 0.2) is 0 Å². The van der Waals surface area contributed by atoms with Gasteiger partial charge in [0, 0.05) is 33.2 Å². The SMILES string of the molecule is Cc1cccc(/C(=N\c2ccc3c4c(cccc24)NC3=O)c2ccccc2)c1. The number of hydrogen-bond acceptors (Lipinski definition) is 2. The van der Waals surface area contributed by atoms with Crippen molar-refractivity contribution in [2.75, 3.05) is 5.32 Å². The first-order valence-corrected chi connectivity index (χ1v) is 9.29. The highest BCUT2D eigenvalue weighted by Gasteiger charge is 2.22. The lowest BCUT2D eigenvalue weighted by molar-refractivity contribution is 0.103. The monoisotopic (exact) mass is 362 g/mol. The molecule has 0 unspecified atom stereocenters. The minimum absolute atomic E-state index is 0.0521. The second-order valence-electron chi connectivity index (χ2n) is 7.01. The van der Waals surface area contributed by atoms with Crippen LogP contribution in [0.25, 0.3) is 10.8 Å². The highest BCUT2D eigenvalue weighted by Crippen LogP contribution is 2.38. The maximum Gasteiger partial charge on any atom is 0.256 e. The molecule has 1 aliphatic rings. The molecule has 0 aliphatic carbocycles. The third-order valence-corrected chi connectivity index (χ3v) is 5.08. The van der Waals surface area contributed by atoms with Crippen LogP contribution in [0.4, 0.5) is 11.4 Å². The van der Waals surface area contributed by atoms with Crippen molar-refractivity contribution in [3.05, 3.63) is 107 Å². The van der Waals surface area contributed by atoms with E-state index in [4.69, 9.17) is 4.99 Å². The van der Waals surface area contributed by atoms with Crippen LogP contribution in [0.15, 0.2) is 89.9 Å². The van der Waals surface area contributed by atoms with Crippen molar-refractivity contribution in [2.45, 2.75) is 6.92 Å². The number of nitrogens with zero attached hydrogens (tertiary/aromatic N) is 1. The van der Waals surface area contributed by atoms with Gasteiger partial charge in [-0.2, -0.15) is 0 Å². The Morgan fingerprint density at radius 3 is 2.43 bits per heavy atom. The third kappa shape index (κ3) is 2.69. The van der Waals surface area contributed by atoms with Gasteiger partial charge in [0.05, 0.1) is 11.4 Å². The second-order valence-corrected chi connectivity index (χ2v) is 7.01. The quantitative estimate of drug-likeness (QED) is 0.454. The molecule has 0 bridgehead atoms. The second kappa shape index (κ2) is 6.46. The van der Waals surface area contributed by atoms with Crippen LogP contribution in [0.5, 0.6) is 0 Å². The Bertz CT molecular complexity index is 1260. The van der Waals surface area contributed by atoms with Crippen LogP contribution in [-0.4, -0.2) is 11.6 Å². The van der Waals surface area contributed by atoms with Gasteiger partial charge in [-0.1, -0.05) is 66.2 Å². The number of carbonyl (C=O) groups excluding carboxylic acids is 1. The first kappa shape index (κ1) is 16.5. The van der Waals surface area contributed by atoms with E-state index in [0.29, 0.717) is 5.56 Å². The number of carbonyl (C=O) groups is 1. The molecule has 0 atom stereocenters. The summed E-state index contributed by atoms with van der Waals surface area (Å²) in [5, 5.41) is 4.87. The van der Waals surface area contributed by atoms with Crippen LogP contribution in [0, 0.1) is 6.92 Å². The number of rotatable bonds is 3. The van der Waals surface area contributed by atoms with Gasteiger partial charge < -0.3 is 5.32 Å². The van der Waals surface area contributed by atoms with Gasteiger partial charge in [-0.3, -0.25) is 4.79 Å². The molecule has 134 valence electrons. The van der Waals surface area contributed by atoms with Crippen molar-refractivity contribution in [3.63, 3.8) is 0 Å². The lowest BCUT2D eigenvalue weighted by Gasteiger charge is -2.10. The summed E-state index contributed by atoms with van der Waals surface area (Å²) in [5.74, 6) is -0.0521. The molecule has 4 aromatic rings. The molecule has 0 spiro atoms. The van der Waals surface area contributed by atoms with Crippen LogP contribution in [0.1, 0.15) is 27.0 Å². The molecule has 5 rings (SSSR count). The molecule has 1 N–H and O–H groups in total. The van der Waals surface area contributed by atoms with E-state index in [9.17, 15) is 4.79 Å². The average Bonchev–Trinajstić information content (AvgIpc) is 3.05. The number of hydrogen-bond donors (Lipinski definition) is 1. The summed E-state index contributed by atoms with van der Waals surface area (Å²) in [5.41, 5.74) is 6.66. The Balaban J connectivity index is 1.77. The van der Waals surface area contributed by atoms with Gasteiger partial charge >= 0.3 is 0 Å². The molecule has 1 aliphatic heterocycles. The highest BCUT2D eigenvalue weighted by molar-refractivity contribution is 6.26. The van der Waals surface area contributed by atoms with Gasteiger partial charge in [-0.25, -0.2) is 4.99 Å². The van der Waals surface area contributed by atoms with Crippen LogP contribution < -0.4 is 5.32 Å². The molecule has 0 saturated heterocycles. The van der Waals surface area contributed by atoms with Gasteiger partial charge in [-0.05, 0) is 31.2 Å². The summed E-state index contributed by atoms with van der Waals surface area (Å²) in [6, 6.07) is 28.3. The van der Waals surface area contributed by atoms with Crippen LogP contribution in [0.3, 0.4) is 0 Å². The average molecular weight is 362 g/mol. The smallest absolute Gasteiger partial charge is 0.256 e. The predicted octanol–water partition coefficient (Wildman–Crippen LogP) is 5.88. The zero-order valence-corrected chi connectivity index (χ0v) is 15.4. The van der Waals surface area contributed by atoms with Crippen LogP contribution in [-0.2, 0) is 0 Å². The van der Waals surface area contributed by atoms with E-state index in [0.717, 1.165) is 39.0 Å². The Morgan fingerprint density at radius 1 is 0.821 bits per heavy atom. The molecule has 1 heterocycles. The van der Waals surface area contributed by atoms with Crippen molar-refractivity contribution in [1.29, 1.82) is 0 Å². The first-order chi connectivity index (χ1) is 13.7. The number of aryl methyl sites for hydroxylation is 1. The van der Waals surface area contributed by atoms with E-state index in [1.807, 2.05) is 48.5 Å². The fourth-order valence-corrected chi connectivity index (χ4v) is 3.78. The third-order valence-electron chi connectivity index (χ3n) is 5.08. The summed E-state index contributed by atoms with van der Waals surface area (Å²) in [4.78, 5) is 17.3. The normalized spacial score (nSPS) is 13.0. The molecule has 28 heavy (non-hydrogen) atoms. The van der Waals surface area contributed by atoms with Gasteiger partial charge in [0.2, 0.25) is 0 Å². The number of benzene rings is 4. The number of amides is 1. The summed E-state index contributed by atoms with van der Waals surface area (Å²) in [6.07, 6.45) is 0. The Labute approximate surface area is 163 Å². The number of nitrogens with one attached hydrogen (secondary N) is 1. The van der Waals surface area contributed by atoms with Gasteiger partial charge in [-0.15, -0.1) is 0 Å². The molecular weight excluding hydrogens is 344 g/mol. The maximum atomic E-state index is 12.2. The predicted molar refractivity (Wildman–Crippen MR) is 115 cm³/mol. The zero-order valence-electron chi connectivity index (χ0n) is 15.4. The molecule has 4 aromatic carbocycles. The van der Waals surface area contributed by atoms with Crippen LogP contribution >= 0.6 is 0 Å². The van der Waals surface area contributed by atoms with E-state index >= 15 is 0 Å². The van der Waals surface area contributed by atoms with Gasteiger partial charge in [0.25, 0.3) is 5.91 Å². The largest absolute Gasteiger partial charge is 0.321 e. The van der Waals surface area contributed by atoms with Gasteiger partial charge in [0.1, 0.15) is 0 Å². The summed E-state index contributed by atoms with van der Waals surface area (Å²) in [7, 11) is 0. The summed E-state index contributed by atoms with van der Waals surface area (Å²) >= 11 is 0. The van der Waals surface area contributed by atoms with E-state index in [1.165, 1.54) is 5.56 Å². The highest BCUT2D eigenvalue weighted by atomic mass is 16.1. The van der Waals surface area contributed by atoms with E-state index in [-0.39, 0.29) is 5.91 Å². The minimum Gasteiger partial charge on any atom is -0.321 e. The minimum atomic E-state index is -0.0521. The lowest BCUT2D eigenvalue weighted by Crippen LogP contribution is -2.04. The molecule has 0 fully saturated rings. The van der Waals surface area contributed by atoms with Crippen molar-refractivity contribution < 1.29 is 4.79 Å². The number of aliphatic imine (C=N–C) groups is 1. The molecule has 0 radical (unpaired) electrons. The Hall–Kier alpha value is -3.72. The maximum absolute atomic E-state index is 12.2. The molecular formula is C25H18N2O. The van der Waals surface area contributed by atoms with Crippen molar-refractivity contribution in [3.8, 4) is 0 Å². The molecule has 3 nitrogen and oxygen atoms in total. The Kier molecular flexibility index (Phi) is 3.80. The summed E-state index contributed by atoms with van der Waals surface area (Å²) in [6.45, 7) is 2.09. The zero-order chi connectivity index (χ0) is 19.1. The Morgan fingerprint density at radius 2 is 1.61 bits per heavy atom. The molecule has 0 saturated carbocycles. The summed E-state index contributed by atoms with van der Waals surface area (Å²) < 4.78 is 0. The molecule has 3 heteroatoms. The van der Waals surface area contributed by atoms with Crippen molar-refractivity contribution in [1.82, 2.24) is 0 Å². The topological polar surface area (TPSA) is 41.5 Å². The van der Waals surface area contributed by atoms with Crippen molar-refractivity contribution >= 4 is 33.8 Å². The van der Waals surface area contributed by atoms with Crippen LogP contribution in [0.2, 0.25) is 0 Å². The lowest BCUT2D eigenvalue weighted by atomic mass is 9.99. The molecule has 0 aromatic heterocycles. The standard InChI is InChI=1S/C25H18N2O/c1-16-7-5-10-18(15-16)24(17-8-3-2-4-9-17)26-21-14-13-20-23-19(21)11-6-12-22(23)27-25(20)28/h2-15H,1H3,(H,27,28)/b26-24-. The fraction of sp³-hybridized carbons (Fsp3) is 0.0400. The number of anilines is 1. The van der Waals surface area contributed by atoms with Crippen molar-refractivity contribution in [2.24, 2.45) is 4.99 Å².